The minimum atomic E-state index is 0.641. The zero-order chi connectivity index (χ0) is 17.0. The van der Waals surface area contributed by atoms with Crippen LogP contribution in [-0.2, 0) is 0 Å². The van der Waals surface area contributed by atoms with E-state index in [9.17, 15) is 0 Å². The van der Waals surface area contributed by atoms with Crippen LogP contribution in [0.25, 0.3) is 22.3 Å². The van der Waals surface area contributed by atoms with Gasteiger partial charge in [-0.1, -0.05) is 4.98 Å². The highest BCUT2D eigenvalue weighted by molar-refractivity contribution is 5.82. The van der Waals surface area contributed by atoms with Crippen molar-refractivity contribution in [3.8, 4) is 0 Å². The summed E-state index contributed by atoms with van der Waals surface area (Å²) in [6, 6.07) is 0. The predicted molar refractivity (Wildman–Crippen MR) is 88.5 cm³/mol. The van der Waals surface area contributed by atoms with E-state index in [-0.39, 0.29) is 0 Å². The highest BCUT2D eigenvalue weighted by Gasteiger charge is 2.21. The number of rotatable bonds is 2. The number of anilines is 1. The van der Waals surface area contributed by atoms with Gasteiger partial charge in [0.2, 0.25) is 11.6 Å². The molecule has 122 valence electrons. The first-order valence-electron chi connectivity index (χ1n) is 7.66. The van der Waals surface area contributed by atoms with E-state index in [4.69, 9.17) is 0 Å². The molecule has 9 heteroatoms. The summed E-state index contributed by atoms with van der Waals surface area (Å²) in [7, 11) is 0. The van der Waals surface area contributed by atoms with Crippen molar-refractivity contribution < 1.29 is 4.68 Å². The molecule has 4 aromatic rings. The van der Waals surface area contributed by atoms with Crippen LogP contribution in [0, 0.1) is 34.6 Å². The Bertz CT molecular complexity index is 1090. The minimum Gasteiger partial charge on any atom is -0.338 e. The van der Waals surface area contributed by atoms with Gasteiger partial charge >= 0.3 is 5.65 Å². The third-order valence-corrected chi connectivity index (χ3v) is 3.83. The molecular formula is C15H18N9+. The fourth-order valence-corrected chi connectivity index (χ4v) is 2.84. The van der Waals surface area contributed by atoms with Gasteiger partial charge in [0.05, 0.1) is 5.69 Å². The number of aromatic amines is 2. The van der Waals surface area contributed by atoms with Crippen molar-refractivity contribution in [1.82, 2.24) is 34.9 Å². The summed E-state index contributed by atoms with van der Waals surface area (Å²) in [6.07, 6.45) is 0. The van der Waals surface area contributed by atoms with Crippen LogP contribution in [0.3, 0.4) is 0 Å². The Morgan fingerprint density at radius 1 is 0.792 bits per heavy atom. The van der Waals surface area contributed by atoms with Crippen molar-refractivity contribution >= 4 is 28.1 Å². The van der Waals surface area contributed by atoms with Crippen LogP contribution in [-0.4, -0.2) is 34.9 Å². The van der Waals surface area contributed by atoms with E-state index in [0.717, 1.165) is 39.8 Å². The normalized spacial score (nSPS) is 11.5. The van der Waals surface area contributed by atoms with Crippen molar-refractivity contribution in [3.63, 3.8) is 0 Å². The second-order valence-electron chi connectivity index (χ2n) is 5.85. The lowest BCUT2D eigenvalue weighted by Gasteiger charge is -2.05. The molecular weight excluding hydrogens is 306 g/mol. The van der Waals surface area contributed by atoms with E-state index >= 15 is 0 Å². The Kier molecular flexibility index (Phi) is 2.99. The molecule has 0 aliphatic rings. The Balaban J connectivity index is 1.93. The third kappa shape index (κ3) is 2.16. The Morgan fingerprint density at radius 2 is 1.54 bits per heavy atom. The maximum atomic E-state index is 4.55. The lowest BCUT2D eigenvalue weighted by molar-refractivity contribution is -0.624. The molecule has 0 saturated heterocycles. The molecule has 0 bridgehead atoms. The maximum absolute atomic E-state index is 4.55. The molecule has 0 spiro atoms. The first-order valence-corrected chi connectivity index (χ1v) is 7.66. The van der Waals surface area contributed by atoms with Gasteiger partial charge in [-0.05, 0) is 20.8 Å². The van der Waals surface area contributed by atoms with Gasteiger partial charge in [0.1, 0.15) is 17.2 Å². The molecule has 0 aliphatic carbocycles. The van der Waals surface area contributed by atoms with Gasteiger partial charge in [-0.3, -0.25) is 4.98 Å². The van der Waals surface area contributed by atoms with E-state index in [1.807, 2.05) is 39.3 Å². The SMILES string of the molecule is Cc1nc(N[n+]2c(C)[nH]c3c(C)nc(C)nc32)c2[nH]c(C)nc2n1. The van der Waals surface area contributed by atoms with Crippen molar-refractivity contribution in [2.45, 2.75) is 34.6 Å². The van der Waals surface area contributed by atoms with Crippen molar-refractivity contribution in [1.29, 1.82) is 0 Å². The molecule has 0 fully saturated rings. The Morgan fingerprint density at radius 3 is 2.33 bits per heavy atom. The summed E-state index contributed by atoms with van der Waals surface area (Å²) in [6.45, 7) is 9.54. The lowest BCUT2D eigenvalue weighted by Crippen LogP contribution is -2.45. The van der Waals surface area contributed by atoms with Gasteiger partial charge in [0.15, 0.2) is 17.0 Å². The van der Waals surface area contributed by atoms with Gasteiger partial charge in [0.25, 0.3) is 0 Å². The van der Waals surface area contributed by atoms with E-state index < -0.39 is 0 Å². The van der Waals surface area contributed by atoms with Crippen LogP contribution in [0.4, 0.5) is 5.82 Å². The standard InChI is InChI=1S/C15H17N9/c1-6-11-15(21-7(2)16-6)24(10(5)22-11)23-14-12-13(18-8(3)17-12)19-9(4)20-14/h1-5H3,(H2,17,18,19,20,23)/p+1. The van der Waals surface area contributed by atoms with Gasteiger partial charge in [-0.25, -0.2) is 25.4 Å². The maximum Gasteiger partial charge on any atom is 0.327 e. The topological polar surface area (TPSA) is 112 Å². The largest absolute Gasteiger partial charge is 0.338 e. The summed E-state index contributed by atoms with van der Waals surface area (Å²) < 4.78 is 1.87. The number of hydrogen-bond acceptors (Lipinski definition) is 6. The van der Waals surface area contributed by atoms with E-state index in [1.54, 1.807) is 0 Å². The molecule has 24 heavy (non-hydrogen) atoms. The van der Waals surface area contributed by atoms with Crippen molar-refractivity contribution in [3.05, 3.63) is 29.0 Å². The fraction of sp³-hybridized carbons (Fsp3) is 0.333. The molecule has 0 amide bonds. The van der Waals surface area contributed by atoms with Crippen LogP contribution in [0.15, 0.2) is 0 Å². The van der Waals surface area contributed by atoms with Crippen molar-refractivity contribution in [2.24, 2.45) is 0 Å². The summed E-state index contributed by atoms with van der Waals surface area (Å²) in [5, 5.41) is 0. The fourth-order valence-electron chi connectivity index (χ4n) is 2.84. The minimum absolute atomic E-state index is 0.641. The third-order valence-electron chi connectivity index (χ3n) is 3.83. The van der Waals surface area contributed by atoms with Crippen LogP contribution in [0.2, 0.25) is 0 Å². The number of fused-ring (bicyclic) bond motifs is 2. The van der Waals surface area contributed by atoms with Gasteiger partial charge in [0, 0.05) is 13.8 Å². The Labute approximate surface area is 137 Å². The van der Waals surface area contributed by atoms with Crippen LogP contribution in [0.1, 0.15) is 29.0 Å². The molecule has 0 aromatic carbocycles. The van der Waals surface area contributed by atoms with Crippen molar-refractivity contribution in [2.75, 3.05) is 5.43 Å². The molecule has 9 nitrogen and oxygen atoms in total. The number of aryl methyl sites for hydroxylation is 5. The molecule has 4 heterocycles. The molecule has 4 aromatic heterocycles. The summed E-state index contributed by atoms with van der Waals surface area (Å²) >= 11 is 0. The van der Waals surface area contributed by atoms with E-state index in [0.29, 0.717) is 17.3 Å². The number of nitrogens with zero attached hydrogens (tertiary/aromatic N) is 6. The summed E-state index contributed by atoms with van der Waals surface area (Å²) in [5.74, 6) is 3.71. The van der Waals surface area contributed by atoms with Gasteiger partial charge < -0.3 is 4.98 Å². The number of hydrogen-bond donors (Lipinski definition) is 3. The van der Waals surface area contributed by atoms with E-state index in [2.05, 4.69) is 40.3 Å². The highest BCUT2D eigenvalue weighted by Crippen LogP contribution is 2.18. The second kappa shape index (κ2) is 4.95. The zero-order valence-corrected chi connectivity index (χ0v) is 14.2. The monoisotopic (exact) mass is 324 g/mol. The van der Waals surface area contributed by atoms with Crippen LogP contribution >= 0.6 is 0 Å². The van der Waals surface area contributed by atoms with Gasteiger partial charge in [-0.15, -0.1) is 4.68 Å². The highest BCUT2D eigenvalue weighted by atomic mass is 15.5. The Hall–Kier alpha value is -3.10. The molecule has 3 N–H and O–H groups in total. The molecule has 0 aliphatic heterocycles. The number of nitrogens with one attached hydrogen (secondary N) is 3. The van der Waals surface area contributed by atoms with Crippen LogP contribution < -0.4 is 10.1 Å². The molecule has 0 unspecified atom stereocenters. The summed E-state index contributed by atoms with van der Waals surface area (Å²) in [4.78, 5) is 28.7. The average Bonchev–Trinajstić information content (AvgIpc) is 3.00. The number of imidazole rings is 2. The van der Waals surface area contributed by atoms with Gasteiger partial charge in [-0.2, -0.15) is 0 Å². The predicted octanol–water partition coefficient (Wildman–Crippen LogP) is 1.33. The average molecular weight is 324 g/mol. The van der Waals surface area contributed by atoms with Crippen LogP contribution in [0.5, 0.6) is 0 Å². The van der Waals surface area contributed by atoms with E-state index in [1.165, 1.54) is 0 Å². The molecule has 0 atom stereocenters. The second-order valence-corrected chi connectivity index (χ2v) is 5.85. The quantitative estimate of drug-likeness (QED) is 0.480. The lowest BCUT2D eigenvalue weighted by atomic mass is 10.4. The first-order chi connectivity index (χ1) is 11.4. The smallest absolute Gasteiger partial charge is 0.327 e. The first kappa shape index (κ1) is 14.5. The molecule has 0 saturated carbocycles. The number of aromatic nitrogens is 8. The summed E-state index contributed by atoms with van der Waals surface area (Å²) in [5.41, 5.74) is 7.30. The zero-order valence-electron chi connectivity index (χ0n) is 14.2. The molecule has 0 radical (unpaired) electrons. The molecule has 4 rings (SSSR count). The number of H-pyrrole nitrogens is 2.